The van der Waals surface area contributed by atoms with Crippen LogP contribution in [0.5, 0.6) is 0 Å². The van der Waals surface area contributed by atoms with Crippen molar-refractivity contribution >= 4 is 10.8 Å². The van der Waals surface area contributed by atoms with Crippen molar-refractivity contribution < 1.29 is 4.74 Å². The molecule has 0 N–H and O–H groups in total. The van der Waals surface area contributed by atoms with Gasteiger partial charge in [0, 0.05) is 6.42 Å². The summed E-state index contributed by atoms with van der Waals surface area (Å²) in [6, 6.07) is 15.1. The van der Waals surface area contributed by atoms with E-state index >= 15 is 0 Å². The van der Waals surface area contributed by atoms with Crippen molar-refractivity contribution in [3.63, 3.8) is 0 Å². The fourth-order valence-electron chi connectivity index (χ4n) is 1.81. The summed E-state index contributed by atoms with van der Waals surface area (Å²) in [4.78, 5) is 0. The van der Waals surface area contributed by atoms with Crippen LogP contribution >= 0.6 is 0 Å². The van der Waals surface area contributed by atoms with Gasteiger partial charge in [0.15, 0.2) is 0 Å². The molecule has 1 atom stereocenters. The van der Waals surface area contributed by atoms with Crippen LogP contribution in [-0.4, -0.2) is 12.7 Å². The van der Waals surface area contributed by atoms with Gasteiger partial charge in [-0.1, -0.05) is 42.5 Å². The van der Waals surface area contributed by atoms with E-state index in [1.54, 1.807) is 0 Å². The first-order valence-electron chi connectivity index (χ1n) is 5.01. The van der Waals surface area contributed by atoms with Gasteiger partial charge in [0.2, 0.25) is 0 Å². The average molecular weight is 184 g/mol. The van der Waals surface area contributed by atoms with E-state index in [2.05, 4.69) is 42.5 Å². The minimum Gasteiger partial charge on any atom is -0.373 e. The van der Waals surface area contributed by atoms with Crippen LogP contribution in [0.1, 0.15) is 5.56 Å². The van der Waals surface area contributed by atoms with E-state index in [1.165, 1.54) is 16.3 Å². The Balaban J connectivity index is 2.01. The van der Waals surface area contributed by atoms with Crippen LogP contribution in [0.4, 0.5) is 0 Å². The SMILES string of the molecule is c1ccc2cc(C[C@H]3CO3)ccc2c1. The average Bonchev–Trinajstić information content (AvgIpc) is 3.02. The van der Waals surface area contributed by atoms with Crippen molar-refractivity contribution in [2.24, 2.45) is 0 Å². The second-order valence-electron chi connectivity index (χ2n) is 3.84. The number of benzene rings is 2. The van der Waals surface area contributed by atoms with Crippen LogP contribution in [-0.2, 0) is 11.2 Å². The molecule has 1 heterocycles. The summed E-state index contributed by atoms with van der Waals surface area (Å²) >= 11 is 0. The van der Waals surface area contributed by atoms with Gasteiger partial charge in [-0.25, -0.2) is 0 Å². The number of hydrogen-bond donors (Lipinski definition) is 0. The summed E-state index contributed by atoms with van der Waals surface area (Å²) in [7, 11) is 0. The maximum atomic E-state index is 5.22. The Kier molecular flexibility index (Phi) is 1.78. The van der Waals surface area contributed by atoms with Crippen LogP contribution in [0.15, 0.2) is 42.5 Å². The number of epoxide rings is 1. The standard InChI is InChI=1S/C13H12O/c1-2-4-12-7-10(8-13-9-14-13)5-6-11(12)3-1/h1-7,13H,8-9H2/t13-/m0/s1. The first-order chi connectivity index (χ1) is 6.92. The van der Waals surface area contributed by atoms with Gasteiger partial charge < -0.3 is 4.74 Å². The van der Waals surface area contributed by atoms with E-state index < -0.39 is 0 Å². The highest BCUT2D eigenvalue weighted by Gasteiger charge is 2.22. The molecule has 0 aliphatic carbocycles. The van der Waals surface area contributed by atoms with E-state index in [0.717, 1.165) is 13.0 Å². The molecule has 1 aliphatic rings. The number of rotatable bonds is 2. The lowest BCUT2D eigenvalue weighted by Crippen LogP contribution is -1.92. The van der Waals surface area contributed by atoms with Crippen molar-refractivity contribution in [2.75, 3.05) is 6.61 Å². The van der Waals surface area contributed by atoms with Crippen LogP contribution in [0.25, 0.3) is 10.8 Å². The molecule has 1 heteroatoms. The molecular weight excluding hydrogens is 172 g/mol. The lowest BCUT2D eigenvalue weighted by Gasteiger charge is -2.01. The second-order valence-corrected chi connectivity index (χ2v) is 3.84. The summed E-state index contributed by atoms with van der Waals surface area (Å²) < 4.78 is 5.22. The molecule has 14 heavy (non-hydrogen) atoms. The Bertz CT molecular complexity index is 457. The van der Waals surface area contributed by atoms with E-state index in [4.69, 9.17) is 4.74 Å². The highest BCUT2D eigenvalue weighted by atomic mass is 16.6. The van der Waals surface area contributed by atoms with Gasteiger partial charge in [0.25, 0.3) is 0 Å². The van der Waals surface area contributed by atoms with Crippen LogP contribution in [0.2, 0.25) is 0 Å². The first kappa shape index (κ1) is 8.01. The van der Waals surface area contributed by atoms with Crippen LogP contribution in [0.3, 0.4) is 0 Å². The lowest BCUT2D eigenvalue weighted by atomic mass is 10.0. The van der Waals surface area contributed by atoms with E-state index in [9.17, 15) is 0 Å². The van der Waals surface area contributed by atoms with E-state index in [0.29, 0.717) is 6.10 Å². The molecule has 0 spiro atoms. The van der Waals surface area contributed by atoms with Gasteiger partial charge in [-0.2, -0.15) is 0 Å². The van der Waals surface area contributed by atoms with Gasteiger partial charge in [-0.05, 0) is 16.3 Å². The topological polar surface area (TPSA) is 12.5 Å². The molecular formula is C13H12O. The molecule has 1 nitrogen and oxygen atoms in total. The summed E-state index contributed by atoms with van der Waals surface area (Å²) in [5, 5.41) is 2.64. The van der Waals surface area contributed by atoms with Gasteiger partial charge in [-0.3, -0.25) is 0 Å². The largest absolute Gasteiger partial charge is 0.373 e. The molecule has 3 rings (SSSR count). The molecule has 0 radical (unpaired) electrons. The summed E-state index contributed by atoms with van der Waals surface area (Å²) in [6.45, 7) is 0.937. The Hall–Kier alpha value is -1.34. The summed E-state index contributed by atoms with van der Waals surface area (Å²) in [6.07, 6.45) is 1.54. The Morgan fingerprint density at radius 2 is 1.86 bits per heavy atom. The molecule has 2 aromatic rings. The number of hydrogen-bond acceptors (Lipinski definition) is 1. The smallest absolute Gasteiger partial charge is 0.0850 e. The molecule has 2 aromatic carbocycles. The monoisotopic (exact) mass is 184 g/mol. The van der Waals surface area contributed by atoms with Crippen LogP contribution in [0, 0.1) is 0 Å². The molecule has 0 unspecified atom stereocenters. The number of ether oxygens (including phenoxy) is 1. The Morgan fingerprint density at radius 3 is 2.64 bits per heavy atom. The van der Waals surface area contributed by atoms with Crippen LogP contribution < -0.4 is 0 Å². The van der Waals surface area contributed by atoms with Gasteiger partial charge in [0.05, 0.1) is 12.7 Å². The van der Waals surface area contributed by atoms with Gasteiger partial charge in [0.1, 0.15) is 0 Å². The maximum Gasteiger partial charge on any atom is 0.0850 e. The minimum absolute atomic E-state index is 0.483. The zero-order valence-corrected chi connectivity index (χ0v) is 7.94. The molecule has 0 aromatic heterocycles. The van der Waals surface area contributed by atoms with Crippen molar-refractivity contribution in [3.8, 4) is 0 Å². The molecule has 0 amide bonds. The maximum absolute atomic E-state index is 5.22. The predicted molar refractivity (Wildman–Crippen MR) is 57.4 cm³/mol. The zero-order valence-electron chi connectivity index (χ0n) is 7.94. The van der Waals surface area contributed by atoms with Crippen molar-refractivity contribution in [1.82, 2.24) is 0 Å². The molecule has 1 fully saturated rings. The zero-order chi connectivity index (χ0) is 9.38. The Labute approximate surface area is 83.3 Å². The van der Waals surface area contributed by atoms with Crippen molar-refractivity contribution in [2.45, 2.75) is 12.5 Å². The van der Waals surface area contributed by atoms with Crippen molar-refractivity contribution in [1.29, 1.82) is 0 Å². The van der Waals surface area contributed by atoms with Gasteiger partial charge in [-0.15, -0.1) is 0 Å². The third-order valence-corrected chi connectivity index (χ3v) is 2.68. The summed E-state index contributed by atoms with van der Waals surface area (Å²) in [5.74, 6) is 0. The number of fused-ring (bicyclic) bond motifs is 1. The highest BCUT2D eigenvalue weighted by Crippen LogP contribution is 2.20. The molecule has 0 saturated carbocycles. The Morgan fingerprint density at radius 1 is 1.07 bits per heavy atom. The molecule has 1 saturated heterocycles. The van der Waals surface area contributed by atoms with Crippen molar-refractivity contribution in [3.05, 3.63) is 48.0 Å². The normalized spacial score (nSPS) is 19.9. The van der Waals surface area contributed by atoms with E-state index in [1.807, 2.05) is 0 Å². The highest BCUT2D eigenvalue weighted by molar-refractivity contribution is 5.82. The third kappa shape index (κ3) is 1.51. The quantitative estimate of drug-likeness (QED) is 0.654. The van der Waals surface area contributed by atoms with E-state index in [-0.39, 0.29) is 0 Å². The third-order valence-electron chi connectivity index (χ3n) is 2.68. The molecule has 0 bridgehead atoms. The molecule has 1 aliphatic heterocycles. The summed E-state index contributed by atoms with van der Waals surface area (Å²) in [5.41, 5.74) is 1.38. The fourth-order valence-corrected chi connectivity index (χ4v) is 1.81. The molecule has 70 valence electrons. The minimum atomic E-state index is 0.483. The predicted octanol–water partition coefficient (Wildman–Crippen LogP) is 2.78. The first-order valence-corrected chi connectivity index (χ1v) is 5.01. The fraction of sp³-hybridized carbons (Fsp3) is 0.231. The lowest BCUT2D eigenvalue weighted by molar-refractivity contribution is 0.407. The second kappa shape index (κ2) is 3.10. The van der Waals surface area contributed by atoms with Gasteiger partial charge >= 0.3 is 0 Å².